The summed E-state index contributed by atoms with van der Waals surface area (Å²) in [7, 11) is -1.79. The summed E-state index contributed by atoms with van der Waals surface area (Å²) in [6.07, 6.45) is 1.56. The SMILES string of the molecule is CNS(=O)(=O)CCNCC1CCCN1C(=O)OC(C)(C)C. The molecule has 1 aliphatic rings. The number of likely N-dealkylation sites (tertiary alicyclic amines) is 1. The normalized spacial score (nSPS) is 19.8. The van der Waals surface area contributed by atoms with Crippen LogP contribution >= 0.6 is 0 Å². The van der Waals surface area contributed by atoms with Crippen LogP contribution in [-0.4, -0.2) is 63.5 Å². The van der Waals surface area contributed by atoms with E-state index in [1.807, 2.05) is 20.8 Å². The molecule has 0 aliphatic carbocycles. The molecule has 21 heavy (non-hydrogen) atoms. The van der Waals surface area contributed by atoms with Crippen molar-refractivity contribution in [3.63, 3.8) is 0 Å². The fraction of sp³-hybridized carbons (Fsp3) is 0.923. The number of sulfonamides is 1. The summed E-state index contributed by atoms with van der Waals surface area (Å²) in [5.74, 6) is 0.0304. The van der Waals surface area contributed by atoms with Gasteiger partial charge in [0.15, 0.2) is 0 Å². The largest absolute Gasteiger partial charge is 0.444 e. The van der Waals surface area contributed by atoms with Gasteiger partial charge in [0.05, 0.1) is 5.75 Å². The molecule has 0 radical (unpaired) electrons. The highest BCUT2D eigenvalue weighted by Crippen LogP contribution is 2.20. The zero-order valence-corrected chi connectivity index (χ0v) is 14.1. The van der Waals surface area contributed by atoms with Crippen LogP contribution in [-0.2, 0) is 14.8 Å². The van der Waals surface area contributed by atoms with Crippen molar-refractivity contribution in [1.82, 2.24) is 14.9 Å². The Balaban J connectivity index is 2.39. The fourth-order valence-electron chi connectivity index (χ4n) is 2.19. The molecule has 0 aromatic rings. The number of rotatable bonds is 6. The van der Waals surface area contributed by atoms with Crippen LogP contribution in [0.15, 0.2) is 0 Å². The molecule has 1 amide bonds. The second-order valence-corrected chi connectivity index (χ2v) is 8.24. The smallest absolute Gasteiger partial charge is 0.410 e. The Kier molecular flexibility index (Phi) is 6.42. The summed E-state index contributed by atoms with van der Waals surface area (Å²) in [4.78, 5) is 13.8. The zero-order valence-electron chi connectivity index (χ0n) is 13.3. The first-order chi connectivity index (χ1) is 9.64. The quantitative estimate of drug-likeness (QED) is 0.697. The van der Waals surface area contributed by atoms with Crippen molar-refractivity contribution in [2.24, 2.45) is 0 Å². The van der Waals surface area contributed by atoms with Crippen LogP contribution in [0.3, 0.4) is 0 Å². The number of ether oxygens (including phenoxy) is 1. The van der Waals surface area contributed by atoms with E-state index in [4.69, 9.17) is 4.74 Å². The van der Waals surface area contributed by atoms with E-state index in [1.54, 1.807) is 4.90 Å². The Morgan fingerprint density at radius 1 is 1.38 bits per heavy atom. The molecule has 0 bridgehead atoms. The van der Waals surface area contributed by atoms with Crippen molar-refractivity contribution in [2.45, 2.75) is 45.3 Å². The topological polar surface area (TPSA) is 87.7 Å². The molecular weight excluding hydrogens is 294 g/mol. The standard InChI is InChI=1S/C13H27N3O4S/c1-13(2,3)20-12(17)16-8-5-6-11(16)10-15-7-9-21(18,19)14-4/h11,14-15H,5-10H2,1-4H3. The molecule has 0 aromatic carbocycles. The van der Waals surface area contributed by atoms with Crippen LogP contribution in [0.5, 0.6) is 0 Å². The minimum atomic E-state index is -3.19. The van der Waals surface area contributed by atoms with Crippen LogP contribution in [0.25, 0.3) is 0 Å². The molecule has 1 heterocycles. The van der Waals surface area contributed by atoms with Gasteiger partial charge < -0.3 is 15.0 Å². The van der Waals surface area contributed by atoms with Crippen molar-refractivity contribution in [3.05, 3.63) is 0 Å². The zero-order chi connectivity index (χ0) is 16.1. The van der Waals surface area contributed by atoms with Crippen molar-refractivity contribution in [3.8, 4) is 0 Å². The number of carbonyl (C=O) groups excluding carboxylic acids is 1. The monoisotopic (exact) mass is 321 g/mol. The molecule has 0 saturated carbocycles. The minimum Gasteiger partial charge on any atom is -0.444 e. The number of hydrogen-bond donors (Lipinski definition) is 2. The minimum absolute atomic E-state index is 0.0304. The third-order valence-electron chi connectivity index (χ3n) is 3.24. The molecule has 1 atom stereocenters. The van der Waals surface area contributed by atoms with Gasteiger partial charge in [-0.2, -0.15) is 0 Å². The molecule has 2 N–H and O–H groups in total. The number of nitrogens with zero attached hydrogens (tertiary/aromatic N) is 1. The van der Waals surface area contributed by atoms with E-state index in [-0.39, 0.29) is 17.9 Å². The van der Waals surface area contributed by atoms with Crippen molar-refractivity contribution < 1.29 is 17.9 Å². The highest BCUT2D eigenvalue weighted by Gasteiger charge is 2.31. The molecule has 124 valence electrons. The molecule has 7 nitrogen and oxygen atoms in total. The Morgan fingerprint density at radius 3 is 2.62 bits per heavy atom. The molecule has 0 aromatic heterocycles. The summed E-state index contributed by atoms with van der Waals surface area (Å²) < 4.78 is 30.2. The van der Waals surface area contributed by atoms with E-state index in [9.17, 15) is 13.2 Å². The van der Waals surface area contributed by atoms with E-state index >= 15 is 0 Å². The highest BCUT2D eigenvalue weighted by molar-refractivity contribution is 7.89. The maximum Gasteiger partial charge on any atom is 0.410 e. The molecular formula is C13H27N3O4S. The molecule has 1 aliphatic heterocycles. The molecule has 1 saturated heterocycles. The first-order valence-corrected chi connectivity index (χ1v) is 8.91. The van der Waals surface area contributed by atoms with E-state index in [2.05, 4.69) is 10.0 Å². The number of amides is 1. The molecule has 8 heteroatoms. The van der Waals surface area contributed by atoms with E-state index < -0.39 is 15.6 Å². The Morgan fingerprint density at radius 2 is 2.05 bits per heavy atom. The summed E-state index contributed by atoms with van der Waals surface area (Å²) >= 11 is 0. The van der Waals surface area contributed by atoms with Crippen molar-refractivity contribution >= 4 is 16.1 Å². The van der Waals surface area contributed by atoms with Gasteiger partial charge in [0.1, 0.15) is 5.60 Å². The predicted molar refractivity (Wildman–Crippen MR) is 81.7 cm³/mol. The summed E-state index contributed by atoms with van der Waals surface area (Å²) in [5.41, 5.74) is -0.501. The van der Waals surface area contributed by atoms with Crippen LogP contribution in [0.2, 0.25) is 0 Å². The third kappa shape index (κ3) is 6.62. The predicted octanol–water partition coefficient (Wildman–Crippen LogP) is 0.525. The lowest BCUT2D eigenvalue weighted by Crippen LogP contribution is -2.44. The van der Waals surface area contributed by atoms with E-state index in [0.717, 1.165) is 12.8 Å². The van der Waals surface area contributed by atoms with Crippen LogP contribution in [0.1, 0.15) is 33.6 Å². The molecule has 1 rings (SSSR count). The van der Waals surface area contributed by atoms with Crippen LogP contribution in [0, 0.1) is 0 Å². The van der Waals surface area contributed by atoms with Gasteiger partial charge in [-0.15, -0.1) is 0 Å². The Labute approximate surface area is 127 Å². The maximum absolute atomic E-state index is 12.1. The summed E-state index contributed by atoms with van der Waals surface area (Å²) in [6.45, 7) is 7.17. The van der Waals surface area contributed by atoms with Gasteiger partial charge in [-0.25, -0.2) is 17.9 Å². The average molecular weight is 321 g/mol. The molecule has 0 spiro atoms. The summed E-state index contributed by atoms with van der Waals surface area (Å²) in [5, 5.41) is 3.10. The van der Waals surface area contributed by atoms with Gasteiger partial charge in [-0.1, -0.05) is 0 Å². The summed E-state index contributed by atoms with van der Waals surface area (Å²) in [6, 6.07) is 0.0668. The first-order valence-electron chi connectivity index (χ1n) is 7.26. The fourth-order valence-corrected chi connectivity index (χ4v) is 2.80. The van der Waals surface area contributed by atoms with Crippen molar-refractivity contribution in [1.29, 1.82) is 0 Å². The first kappa shape index (κ1) is 18.2. The maximum atomic E-state index is 12.1. The lowest BCUT2D eigenvalue weighted by molar-refractivity contribution is 0.0227. The second kappa shape index (κ2) is 7.42. The van der Waals surface area contributed by atoms with Crippen LogP contribution < -0.4 is 10.0 Å². The Bertz CT molecular complexity index is 445. The number of nitrogens with one attached hydrogen (secondary N) is 2. The van der Waals surface area contributed by atoms with Gasteiger partial charge in [0, 0.05) is 25.7 Å². The highest BCUT2D eigenvalue weighted by atomic mass is 32.2. The van der Waals surface area contributed by atoms with Crippen LogP contribution in [0.4, 0.5) is 4.79 Å². The van der Waals surface area contributed by atoms with Crippen molar-refractivity contribution in [2.75, 3.05) is 32.4 Å². The van der Waals surface area contributed by atoms with E-state index in [0.29, 0.717) is 19.6 Å². The van der Waals surface area contributed by atoms with Gasteiger partial charge in [0.2, 0.25) is 10.0 Å². The molecule has 1 fully saturated rings. The third-order valence-corrected chi connectivity index (χ3v) is 4.61. The van der Waals surface area contributed by atoms with Gasteiger partial charge in [-0.05, 0) is 40.7 Å². The number of carbonyl (C=O) groups is 1. The van der Waals surface area contributed by atoms with E-state index in [1.165, 1.54) is 7.05 Å². The Hall–Kier alpha value is -0.860. The second-order valence-electron chi connectivity index (χ2n) is 6.20. The molecule has 1 unspecified atom stereocenters. The van der Waals surface area contributed by atoms with Gasteiger partial charge in [-0.3, -0.25) is 0 Å². The number of hydrogen-bond acceptors (Lipinski definition) is 5. The van der Waals surface area contributed by atoms with Gasteiger partial charge >= 0.3 is 6.09 Å². The average Bonchev–Trinajstić information content (AvgIpc) is 2.81. The lowest BCUT2D eigenvalue weighted by Gasteiger charge is -2.28. The van der Waals surface area contributed by atoms with Gasteiger partial charge in [0.25, 0.3) is 0 Å². The lowest BCUT2D eigenvalue weighted by atomic mass is 10.2.